The van der Waals surface area contributed by atoms with Gasteiger partial charge < -0.3 is 11.5 Å². The quantitative estimate of drug-likeness (QED) is 0.588. The lowest BCUT2D eigenvalue weighted by atomic mass is 10.2. The molecule has 0 spiro atoms. The summed E-state index contributed by atoms with van der Waals surface area (Å²) in [5.74, 6) is 0.519. The van der Waals surface area contributed by atoms with Crippen molar-refractivity contribution in [2.75, 3.05) is 11.5 Å². The summed E-state index contributed by atoms with van der Waals surface area (Å²) in [5, 5.41) is 0. The maximum absolute atomic E-state index is 11.1. The van der Waals surface area contributed by atoms with Gasteiger partial charge in [0, 0.05) is 10.6 Å². The van der Waals surface area contributed by atoms with Gasteiger partial charge in [0.1, 0.15) is 0 Å². The zero-order valence-corrected chi connectivity index (χ0v) is 8.93. The molecular weight excluding hydrogens is 196 g/mol. The Morgan fingerprint density at radius 2 is 2.21 bits per heavy atom. The molecule has 3 nitrogen and oxygen atoms in total. The van der Waals surface area contributed by atoms with Crippen LogP contribution >= 0.6 is 11.8 Å². The molecule has 1 rings (SSSR count). The van der Waals surface area contributed by atoms with E-state index in [1.165, 1.54) is 0 Å². The van der Waals surface area contributed by atoms with Gasteiger partial charge in [0.15, 0.2) is 0 Å². The number of rotatable bonds is 4. The fourth-order valence-corrected chi connectivity index (χ4v) is 2.08. The summed E-state index contributed by atoms with van der Waals surface area (Å²) in [7, 11) is 0. The molecule has 1 amide bonds. The van der Waals surface area contributed by atoms with E-state index in [0.29, 0.717) is 11.3 Å². The topological polar surface area (TPSA) is 69.1 Å². The van der Waals surface area contributed by atoms with Crippen LogP contribution in [0.2, 0.25) is 0 Å². The third-order valence-electron chi connectivity index (χ3n) is 1.76. The van der Waals surface area contributed by atoms with Crippen molar-refractivity contribution in [2.45, 2.75) is 18.2 Å². The van der Waals surface area contributed by atoms with Crippen molar-refractivity contribution in [3.63, 3.8) is 0 Å². The molecule has 0 atom stereocenters. The first kappa shape index (κ1) is 10.9. The first-order chi connectivity index (χ1) is 6.66. The maximum atomic E-state index is 11.1. The van der Waals surface area contributed by atoms with Gasteiger partial charge in [0.25, 0.3) is 0 Å². The number of carbonyl (C=O) groups excluding carboxylic acids is 1. The Bertz CT molecular complexity index is 339. The van der Waals surface area contributed by atoms with Crippen LogP contribution in [0.5, 0.6) is 0 Å². The highest BCUT2D eigenvalue weighted by molar-refractivity contribution is 7.99. The minimum absolute atomic E-state index is 0.420. The van der Waals surface area contributed by atoms with Gasteiger partial charge in [-0.15, -0.1) is 11.8 Å². The van der Waals surface area contributed by atoms with Gasteiger partial charge in [-0.2, -0.15) is 0 Å². The lowest BCUT2D eigenvalue weighted by molar-refractivity contribution is 0.0997. The minimum atomic E-state index is -0.420. The van der Waals surface area contributed by atoms with Gasteiger partial charge in [0.05, 0.1) is 5.56 Å². The van der Waals surface area contributed by atoms with Crippen molar-refractivity contribution >= 4 is 23.4 Å². The number of thioether (sulfide) groups is 1. The summed E-state index contributed by atoms with van der Waals surface area (Å²) in [6, 6.07) is 5.23. The number of nitrogens with two attached hydrogens (primary N) is 2. The molecule has 0 bridgehead atoms. The van der Waals surface area contributed by atoms with E-state index in [0.717, 1.165) is 17.1 Å². The number of nitrogen functional groups attached to an aromatic ring is 1. The second-order valence-corrected chi connectivity index (χ2v) is 4.04. The van der Waals surface area contributed by atoms with Crippen LogP contribution in [0.15, 0.2) is 23.1 Å². The largest absolute Gasteiger partial charge is 0.398 e. The molecule has 0 aliphatic carbocycles. The lowest BCUT2D eigenvalue weighted by Gasteiger charge is -2.08. The van der Waals surface area contributed by atoms with Crippen LogP contribution in [-0.2, 0) is 0 Å². The average molecular weight is 210 g/mol. The summed E-state index contributed by atoms with van der Waals surface area (Å²) in [5.41, 5.74) is 12.2. The maximum Gasteiger partial charge on any atom is 0.249 e. The average Bonchev–Trinajstić information content (AvgIpc) is 2.15. The third-order valence-corrected chi connectivity index (χ3v) is 3.12. The zero-order valence-electron chi connectivity index (χ0n) is 8.12. The summed E-state index contributed by atoms with van der Waals surface area (Å²) in [6.45, 7) is 2.08. The van der Waals surface area contributed by atoms with E-state index in [-0.39, 0.29) is 0 Å². The molecular formula is C10H14N2OS. The summed E-state index contributed by atoms with van der Waals surface area (Å²) >= 11 is 1.58. The van der Waals surface area contributed by atoms with E-state index in [9.17, 15) is 4.79 Å². The monoisotopic (exact) mass is 210 g/mol. The van der Waals surface area contributed by atoms with Crippen molar-refractivity contribution in [1.29, 1.82) is 0 Å². The second kappa shape index (κ2) is 4.91. The molecule has 0 heterocycles. The fourth-order valence-electron chi connectivity index (χ4n) is 1.11. The van der Waals surface area contributed by atoms with Crippen LogP contribution in [0.25, 0.3) is 0 Å². The number of anilines is 1. The Morgan fingerprint density at radius 1 is 1.50 bits per heavy atom. The van der Waals surface area contributed by atoms with Gasteiger partial charge in [-0.25, -0.2) is 0 Å². The summed E-state index contributed by atoms with van der Waals surface area (Å²) in [6.07, 6.45) is 1.04. The molecule has 1 aromatic carbocycles. The van der Waals surface area contributed by atoms with Gasteiger partial charge >= 0.3 is 0 Å². The molecule has 0 saturated heterocycles. The predicted octanol–water partition coefficient (Wildman–Crippen LogP) is 1.87. The van der Waals surface area contributed by atoms with E-state index >= 15 is 0 Å². The first-order valence-corrected chi connectivity index (χ1v) is 5.46. The second-order valence-electron chi connectivity index (χ2n) is 2.94. The van der Waals surface area contributed by atoms with E-state index < -0.39 is 5.91 Å². The normalized spacial score (nSPS) is 10.1. The van der Waals surface area contributed by atoms with Crippen molar-refractivity contribution in [3.05, 3.63) is 23.8 Å². The van der Waals surface area contributed by atoms with Crippen LogP contribution < -0.4 is 11.5 Å². The first-order valence-electron chi connectivity index (χ1n) is 4.48. The Hall–Kier alpha value is -1.16. The lowest BCUT2D eigenvalue weighted by Crippen LogP contribution is -2.13. The Kier molecular flexibility index (Phi) is 3.83. The molecule has 0 saturated carbocycles. The van der Waals surface area contributed by atoms with E-state index in [1.54, 1.807) is 30.0 Å². The van der Waals surface area contributed by atoms with Crippen molar-refractivity contribution in [3.8, 4) is 0 Å². The SMILES string of the molecule is CCCSc1c(N)cccc1C(N)=O. The molecule has 0 aliphatic heterocycles. The van der Waals surface area contributed by atoms with Crippen molar-refractivity contribution < 1.29 is 4.79 Å². The van der Waals surface area contributed by atoms with Crippen LogP contribution in [-0.4, -0.2) is 11.7 Å². The van der Waals surface area contributed by atoms with Crippen molar-refractivity contribution in [2.24, 2.45) is 5.73 Å². The molecule has 14 heavy (non-hydrogen) atoms. The third kappa shape index (κ3) is 2.42. The molecule has 76 valence electrons. The van der Waals surface area contributed by atoms with E-state index in [2.05, 4.69) is 6.92 Å². The van der Waals surface area contributed by atoms with Gasteiger partial charge in [-0.3, -0.25) is 4.79 Å². The van der Waals surface area contributed by atoms with E-state index in [4.69, 9.17) is 11.5 Å². The fraction of sp³-hybridized carbons (Fsp3) is 0.300. The molecule has 0 fully saturated rings. The molecule has 0 aromatic heterocycles. The summed E-state index contributed by atoms with van der Waals surface area (Å²) in [4.78, 5) is 11.9. The highest BCUT2D eigenvalue weighted by Gasteiger charge is 2.10. The van der Waals surface area contributed by atoms with Crippen LogP contribution in [0.4, 0.5) is 5.69 Å². The molecule has 0 aliphatic rings. The Labute approximate surface area is 87.9 Å². The van der Waals surface area contributed by atoms with Gasteiger partial charge in [-0.1, -0.05) is 13.0 Å². The molecule has 1 aromatic rings. The minimum Gasteiger partial charge on any atom is -0.398 e. The van der Waals surface area contributed by atoms with Gasteiger partial charge in [-0.05, 0) is 24.3 Å². The van der Waals surface area contributed by atoms with Crippen LogP contribution in [0.1, 0.15) is 23.7 Å². The number of carbonyl (C=O) groups is 1. The molecule has 0 unspecified atom stereocenters. The number of hydrogen-bond donors (Lipinski definition) is 2. The standard InChI is InChI=1S/C10H14N2OS/c1-2-6-14-9-7(10(12)13)4-3-5-8(9)11/h3-5H,2,6,11H2,1H3,(H2,12,13). The number of benzene rings is 1. The zero-order chi connectivity index (χ0) is 10.6. The van der Waals surface area contributed by atoms with E-state index in [1.807, 2.05) is 0 Å². The molecule has 0 radical (unpaired) electrons. The smallest absolute Gasteiger partial charge is 0.249 e. The van der Waals surface area contributed by atoms with Gasteiger partial charge in [0.2, 0.25) is 5.91 Å². The Balaban J connectivity index is 3.02. The molecule has 4 heteroatoms. The molecule has 4 N–H and O–H groups in total. The van der Waals surface area contributed by atoms with Crippen LogP contribution in [0, 0.1) is 0 Å². The summed E-state index contributed by atoms with van der Waals surface area (Å²) < 4.78 is 0. The van der Waals surface area contributed by atoms with Crippen molar-refractivity contribution in [1.82, 2.24) is 0 Å². The number of hydrogen-bond acceptors (Lipinski definition) is 3. The van der Waals surface area contributed by atoms with Crippen LogP contribution in [0.3, 0.4) is 0 Å². The highest BCUT2D eigenvalue weighted by Crippen LogP contribution is 2.29. The number of primary amides is 1. The Morgan fingerprint density at radius 3 is 2.79 bits per heavy atom. The number of amides is 1. The predicted molar refractivity (Wildman–Crippen MR) is 60.4 cm³/mol. The highest BCUT2D eigenvalue weighted by atomic mass is 32.2.